The van der Waals surface area contributed by atoms with Gasteiger partial charge in [0.1, 0.15) is 0 Å². The molecule has 5 heterocycles. The molecule has 16 nitrogen and oxygen atoms in total. The van der Waals surface area contributed by atoms with Crippen LogP contribution in [0.3, 0.4) is 0 Å². The number of carbonyl (C=O) groups is 4. The first-order valence-corrected chi connectivity index (χ1v) is 16.8. The summed E-state index contributed by atoms with van der Waals surface area (Å²) < 4.78 is 44.5. The Kier molecular flexibility index (Phi) is 12.0. The first-order chi connectivity index (χ1) is 25.2. The molecule has 0 aliphatic carbocycles. The van der Waals surface area contributed by atoms with Gasteiger partial charge in [0.2, 0.25) is 5.91 Å². The summed E-state index contributed by atoms with van der Waals surface area (Å²) >= 11 is 6.49. The summed E-state index contributed by atoms with van der Waals surface area (Å²) in [7, 11) is 4.92. The smallest absolute Gasteiger partial charge is 0.435 e. The fourth-order valence-corrected chi connectivity index (χ4v) is 6.28. The van der Waals surface area contributed by atoms with E-state index in [2.05, 4.69) is 30.9 Å². The molecular formula is C33H37ClF3N11O5. The molecule has 0 saturated carbocycles. The zero-order valence-electron chi connectivity index (χ0n) is 29.0. The molecule has 53 heavy (non-hydrogen) atoms. The van der Waals surface area contributed by atoms with Gasteiger partial charge in [-0.25, -0.2) is 9.67 Å². The number of nitrogens with one attached hydrogen (secondary N) is 2. The van der Waals surface area contributed by atoms with E-state index in [4.69, 9.17) is 21.5 Å². The lowest BCUT2D eigenvalue weighted by Gasteiger charge is -2.37. The third-order valence-corrected chi connectivity index (χ3v) is 9.12. The zero-order chi connectivity index (χ0) is 38.4. The lowest BCUT2D eigenvalue weighted by Crippen LogP contribution is -2.52. The van der Waals surface area contributed by atoms with Gasteiger partial charge in [-0.3, -0.25) is 19.2 Å². The van der Waals surface area contributed by atoms with Gasteiger partial charge in [-0.2, -0.15) is 18.3 Å². The molecule has 0 unspecified atom stereocenters. The van der Waals surface area contributed by atoms with Crippen LogP contribution in [-0.2, 0) is 22.8 Å². The van der Waals surface area contributed by atoms with Crippen LogP contribution in [-0.4, -0.2) is 122 Å². The summed E-state index contributed by atoms with van der Waals surface area (Å²) in [5, 5.41) is 24.6. The summed E-state index contributed by atoms with van der Waals surface area (Å²) in [4.78, 5) is 57.0. The van der Waals surface area contributed by atoms with Gasteiger partial charge in [0.05, 0.1) is 28.0 Å². The Morgan fingerprint density at radius 1 is 1.04 bits per heavy atom. The van der Waals surface area contributed by atoms with Crippen LogP contribution in [0.25, 0.3) is 17.1 Å². The molecule has 4 aromatic rings. The van der Waals surface area contributed by atoms with Crippen LogP contribution in [0.5, 0.6) is 0 Å². The Morgan fingerprint density at radius 3 is 2.28 bits per heavy atom. The van der Waals surface area contributed by atoms with Gasteiger partial charge in [-0.05, 0) is 56.3 Å². The number of aromatic nitrogens is 6. The molecule has 282 valence electrons. The first kappa shape index (κ1) is 38.7. The standard InChI is InChI=1S/C32H35ClF3N11O3.CH2O2/c1-43(2)25-6-7-26(41-40-25)47-18-22(27(42-47)32(34,35)36)24-17-38-28(44(24)3)29(48)39-20-4-5-21(23(33)16-20)31(50)46-14-12-45(13-15-46)30(49)19-8-10-37-11-9-19;2-1-3/h4-7,16-19,37H,8-15H2,1-3H3,(H,39,48);1H,(H,2,3). The van der Waals surface area contributed by atoms with Crippen molar-refractivity contribution in [2.24, 2.45) is 13.0 Å². The number of halogens is 4. The van der Waals surface area contributed by atoms with Crippen molar-refractivity contribution in [3.63, 3.8) is 0 Å². The van der Waals surface area contributed by atoms with Crippen LogP contribution in [0.2, 0.25) is 5.02 Å². The average Bonchev–Trinajstić information content (AvgIpc) is 3.76. The van der Waals surface area contributed by atoms with E-state index in [0.717, 1.165) is 43.0 Å². The van der Waals surface area contributed by atoms with Gasteiger partial charge in [0.15, 0.2) is 23.2 Å². The average molecular weight is 760 g/mol. The Bertz CT molecular complexity index is 1950. The van der Waals surface area contributed by atoms with E-state index in [0.29, 0.717) is 32.0 Å². The molecule has 0 atom stereocenters. The summed E-state index contributed by atoms with van der Waals surface area (Å²) in [5.74, 6) is -0.464. The number of piperidine rings is 1. The number of anilines is 2. The van der Waals surface area contributed by atoms with Crippen molar-refractivity contribution < 1.29 is 37.5 Å². The molecule has 2 aliphatic heterocycles. The molecule has 3 N–H and O–H groups in total. The van der Waals surface area contributed by atoms with Gasteiger partial charge in [0, 0.05) is 65.1 Å². The number of amides is 3. The highest BCUT2D eigenvalue weighted by Gasteiger charge is 2.39. The second kappa shape index (κ2) is 16.4. The zero-order valence-corrected chi connectivity index (χ0v) is 29.7. The van der Waals surface area contributed by atoms with E-state index in [-0.39, 0.29) is 63.4 Å². The van der Waals surface area contributed by atoms with E-state index in [1.807, 2.05) is 4.90 Å². The summed E-state index contributed by atoms with van der Waals surface area (Å²) in [6.45, 7) is 3.02. The Morgan fingerprint density at radius 2 is 1.70 bits per heavy atom. The van der Waals surface area contributed by atoms with Gasteiger partial charge in [-0.1, -0.05) is 11.6 Å². The maximum atomic E-state index is 14.1. The molecule has 3 amide bonds. The lowest BCUT2D eigenvalue weighted by molar-refractivity contribution is -0.141. The number of hydrogen-bond acceptors (Lipinski definition) is 10. The van der Waals surface area contributed by atoms with Crippen LogP contribution in [0.15, 0.2) is 42.7 Å². The molecule has 20 heteroatoms. The lowest BCUT2D eigenvalue weighted by atomic mass is 9.96. The number of benzene rings is 1. The number of hydrogen-bond donors (Lipinski definition) is 3. The molecule has 2 fully saturated rings. The molecule has 2 aliphatic rings. The van der Waals surface area contributed by atoms with Crippen LogP contribution in [0.4, 0.5) is 24.7 Å². The van der Waals surface area contributed by atoms with Gasteiger partial charge < -0.3 is 35.0 Å². The predicted molar refractivity (Wildman–Crippen MR) is 187 cm³/mol. The molecule has 0 bridgehead atoms. The second-order valence-corrected chi connectivity index (χ2v) is 12.8. The topological polar surface area (TPSA) is 184 Å². The quantitative estimate of drug-likeness (QED) is 0.236. The number of carboxylic acid groups (broad SMARTS) is 1. The van der Waals surface area contributed by atoms with E-state index in [9.17, 15) is 27.6 Å². The monoisotopic (exact) mass is 759 g/mol. The molecule has 3 aromatic heterocycles. The van der Waals surface area contributed by atoms with E-state index in [1.165, 1.54) is 35.9 Å². The second-order valence-electron chi connectivity index (χ2n) is 12.4. The minimum atomic E-state index is -4.82. The van der Waals surface area contributed by atoms with Crippen LogP contribution in [0, 0.1) is 5.92 Å². The Hall–Kier alpha value is -5.56. The number of imidazole rings is 1. The van der Waals surface area contributed by atoms with Crippen LogP contribution < -0.4 is 15.5 Å². The molecule has 2 saturated heterocycles. The number of alkyl halides is 3. The van der Waals surface area contributed by atoms with Crippen molar-refractivity contribution in [2.75, 3.05) is 63.6 Å². The number of piperazine rings is 1. The van der Waals surface area contributed by atoms with Crippen molar-refractivity contribution in [2.45, 2.75) is 19.0 Å². The minimum Gasteiger partial charge on any atom is -0.483 e. The van der Waals surface area contributed by atoms with Gasteiger partial charge in [0.25, 0.3) is 18.3 Å². The third kappa shape index (κ3) is 8.74. The van der Waals surface area contributed by atoms with Crippen molar-refractivity contribution in [3.05, 3.63) is 64.8 Å². The number of rotatable bonds is 7. The normalized spacial score (nSPS) is 15.0. The van der Waals surface area contributed by atoms with Crippen LogP contribution >= 0.6 is 11.6 Å². The molecule has 0 radical (unpaired) electrons. The summed E-state index contributed by atoms with van der Waals surface area (Å²) in [6, 6.07) is 7.51. The van der Waals surface area contributed by atoms with Gasteiger partial charge >= 0.3 is 6.18 Å². The molecule has 0 spiro atoms. The molecule has 1 aromatic carbocycles. The Balaban J connectivity index is 0.00000175. The summed E-state index contributed by atoms with van der Waals surface area (Å²) in [6.07, 6.45) is -0.891. The summed E-state index contributed by atoms with van der Waals surface area (Å²) in [5.41, 5.74) is -1.02. The third-order valence-electron chi connectivity index (χ3n) is 8.80. The van der Waals surface area contributed by atoms with Crippen LogP contribution in [0.1, 0.15) is 39.5 Å². The minimum absolute atomic E-state index is 0.0107. The fourth-order valence-electron chi connectivity index (χ4n) is 6.02. The first-order valence-electron chi connectivity index (χ1n) is 16.4. The van der Waals surface area contributed by atoms with E-state index in [1.54, 1.807) is 30.0 Å². The van der Waals surface area contributed by atoms with Crippen molar-refractivity contribution in [1.29, 1.82) is 0 Å². The largest absolute Gasteiger partial charge is 0.483 e. The van der Waals surface area contributed by atoms with Crippen molar-refractivity contribution >= 4 is 47.3 Å². The predicted octanol–water partition coefficient (Wildman–Crippen LogP) is 3.04. The molecule has 6 rings (SSSR count). The maximum Gasteiger partial charge on any atom is 0.435 e. The molecular weight excluding hydrogens is 723 g/mol. The Labute approximate surface area is 306 Å². The van der Waals surface area contributed by atoms with Crippen molar-refractivity contribution in [3.8, 4) is 17.1 Å². The SMILES string of the molecule is CN(C)c1ccc(-n2cc(-c3cnc(C(=O)Nc4ccc(C(=O)N5CCN(C(=O)C6CCNCC6)CC5)c(Cl)c4)n3C)c(C(F)(F)F)n2)nn1.O=CO. The maximum absolute atomic E-state index is 14.1. The van der Waals surface area contributed by atoms with Gasteiger partial charge in [-0.15, -0.1) is 10.2 Å². The van der Waals surface area contributed by atoms with Crippen molar-refractivity contribution in [1.82, 2.24) is 44.6 Å². The fraction of sp³-hybridized carbons (Fsp3) is 0.394. The number of carbonyl (C=O) groups excluding carboxylic acids is 3. The van der Waals surface area contributed by atoms with E-state index >= 15 is 0 Å². The highest BCUT2D eigenvalue weighted by molar-refractivity contribution is 6.34. The highest BCUT2D eigenvalue weighted by atomic mass is 35.5. The number of nitrogens with zero attached hydrogens (tertiary/aromatic N) is 9. The van der Waals surface area contributed by atoms with E-state index < -0.39 is 17.8 Å². The highest BCUT2D eigenvalue weighted by Crippen LogP contribution is 2.37.